The minimum Gasteiger partial charge on any atom is -0.340 e. The molecule has 0 saturated carbocycles. The average molecular weight is 414 g/mol. The molecule has 29 heavy (non-hydrogen) atoms. The molecule has 0 bridgehead atoms. The Morgan fingerprint density at radius 3 is 2.17 bits per heavy atom. The summed E-state index contributed by atoms with van der Waals surface area (Å²) in [5.74, 6) is 0.0362. The van der Waals surface area contributed by atoms with Crippen molar-refractivity contribution in [3.63, 3.8) is 0 Å². The smallest absolute Gasteiger partial charge is 0.236 e. The lowest BCUT2D eigenvalue weighted by Crippen LogP contribution is -2.50. The first-order valence-corrected chi connectivity index (χ1v) is 11.2. The van der Waals surface area contributed by atoms with Crippen molar-refractivity contribution in [2.24, 2.45) is 0 Å². The second kappa shape index (κ2) is 9.82. The number of piperazine rings is 1. The second-order valence-electron chi connectivity index (χ2n) is 7.17. The molecule has 2 aromatic carbocycles. The Balaban J connectivity index is 1.48. The van der Waals surface area contributed by atoms with Crippen LogP contribution in [0.3, 0.4) is 0 Å². The zero-order chi connectivity index (χ0) is 20.7. The molecule has 0 atom stereocenters. The van der Waals surface area contributed by atoms with E-state index in [4.69, 9.17) is 0 Å². The Morgan fingerprint density at radius 1 is 0.966 bits per heavy atom. The number of benzene rings is 2. The Bertz CT molecular complexity index is 922. The molecule has 1 saturated heterocycles. The third-order valence-corrected chi connectivity index (χ3v) is 6.54. The van der Waals surface area contributed by atoms with Crippen molar-refractivity contribution in [3.05, 3.63) is 77.2 Å². The summed E-state index contributed by atoms with van der Waals surface area (Å²) in [6, 6.07) is 19.2. The highest BCUT2D eigenvalue weighted by atomic mass is 32.2. The summed E-state index contributed by atoms with van der Waals surface area (Å²) < 4.78 is 26.6. The fourth-order valence-electron chi connectivity index (χ4n) is 3.21. The van der Waals surface area contributed by atoms with E-state index in [0.717, 1.165) is 11.1 Å². The van der Waals surface area contributed by atoms with Gasteiger partial charge in [-0.15, -0.1) is 0 Å². The molecule has 0 N–H and O–H groups in total. The number of carbonyl (C=O) groups excluding carboxylic acids is 1. The van der Waals surface area contributed by atoms with Gasteiger partial charge in [-0.2, -0.15) is 4.31 Å². The van der Waals surface area contributed by atoms with Crippen LogP contribution in [0.25, 0.3) is 6.08 Å². The third-order valence-electron chi connectivity index (χ3n) is 4.97. The molecule has 0 aromatic heterocycles. The van der Waals surface area contributed by atoms with E-state index in [-0.39, 0.29) is 5.91 Å². The van der Waals surface area contributed by atoms with Crippen molar-refractivity contribution in [2.45, 2.75) is 6.54 Å². The Hall–Kier alpha value is -2.48. The van der Waals surface area contributed by atoms with E-state index in [0.29, 0.717) is 39.3 Å². The van der Waals surface area contributed by atoms with E-state index in [9.17, 15) is 13.2 Å². The molecule has 154 valence electrons. The van der Waals surface area contributed by atoms with E-state index >= 15 is 0 Å². The molecule has 1 amide bonds. The van der Waals surface area contributed by atoms with E-state index in [1.54, 1.807) is 18.0 Å². The largest absolute Gasteiger partial charge is 0.340 e. The van der Waals surface area contributed by atoms with Gasteiger partial charge in [0.05, 0.1) is 6.54 Å². The van der Waals surface area contributed by atoms with E-state index in [2.05, 4.69) is 0 Å². The zero-order valence-electron chi connectivity index (χ0n) is 16.6. The van der Waals surface area contributed by atoms with Crippen LogP contribution in [0.1, 0.15) is 11.1 Å². The molecular weight excluding hydrogens is 386 g/mol. The maximum atomic E-state index is 12.5. The summed E-state index contributed by atoms with van der Waals surface area (Å²) in [6.45, 7) is 2.73. The maximum absolute atomic E-state index is 12.5. The first-order valence-electron chi connectivity index (χ1n) is 9.67. The molecule has 0 unspecified atom stereocenters. The predicted octanol–water partition coefficient (Wildman–Crippen LogP) is 2.26. The topological polar surface area (TPSA) is 60.9 Å². The van der Waals surface area contributed by atoms with E-state index in [1.807, 2.05) is 65.6 Å². The van der Waals surface area contributed by atoms with Crippen LogP contribution in [0.4, 0.5) is 0 Å². The lowest BCUT2D eigenvalue weighted by molar-refractivity contribution is -0.131. The fraction of sp³-hybridized carbons (Fsp3) is 0.318. The minimum absolute atomic E-state index is 0.0362. The molecule has 1 fully saturated rings. The lowest BCUT2D eigenvalue weighted by atomic mass is 10.2. The van der Waals surface area contributed by atoms with Gasteiger partial charge in [-0.3, -0.25) is 9.69 Å². The Morgan fingerprint density at radius 2 is 1.55 bits per heavy atom. The number of nitrogens with zero attached hydrogens (tertiary/aromatic N) is 3. The normalized spacial score (nSPS) is 16.2. The molecule has 1 heterocycles. The van der Waals surface area contributed by atoms with Crippen LogP contribution in [-0.4, -0.2) is 68.2 Å². The molecule has 0 spiro atoms. The highest BCUT2D eigenvalue weighted by molar-refractivity contribution is 7.92. The van der Waals surface area contributed by atoms with Crippen LogP contribution in [0.2, 0.25) is 0 Å². The highest BCUT2D eigenvalue weighted by Gasteiger charge is 2.26. The van der Waals surface area contributed by atoms with Crippen molar-refractivity contribution >= 4 is 22.0 Å². The van der Waals surface area contributed by atoms with Crippen LogP contribution in [0.5, 0.6) is 0 Å². The number of amides is 1. The van der Waals surface area contributed by atoms with E-state index in [1.165, 1.54) is 9.71 Å². The minimum atomic E-state index is -3.46. The Labute approximate surface area is 173 Å². The molecule has 1 aliphatic rings. The van der Waals surface area contributed by atoms with Gasteiger partial charge >= 0.3 is 0 Å². The van der Waals surface area contributed by atoms with Crippen molar-refractivity contribution in [1.82, 2.24) is 14.1 Å². The monoisotopic (exact) mass is 413 g/mol. The van der Waals surface area contributed by atoms with Crippen molar-refractivity contribution in [2.75, 3.05) is 39.8 Å². The summed E-state index contributed by atoms with van der Waals surface area (Å²) >= 11 is 0. The van der Waals surface area contributed by atoms with Gasteiger partial charge in [0.1, 0.15) is 0 Å². The second-order valence-corrected chi connectivity index (χ2v) is 8.99. The fourth-order valence-corrected chi connectivity index (χ4v) is 4.39. The van der Waals surface area contributed by atoms with Gasteiger partial charge in [-0.05, 0) is 17.2 Å². The summed E-state index contributed by atoms with van der Waals surface area (Å²) in [5.41, 5.74) is 1.94. The maximum Gasteiger partial charge on any atom is 0.236 e. The zero-order valence-corrected chi connectivity index (χ0v) is 17.5. The number of carbonyl (C=O) groups is 1. The van der Waals surface area contributed by atoms with Crippen molar-refractivity contribution in [1.29, 1.82) is 0 Å². The third kappa shape index (κ3) is 6.25. The standard InChI is InChI=1S/C22H27N3O3S/c1-23(18-21-10-6-3-7-11-21)22(26)19-24-13-15-25(16-14-24)29(27,28)17-12-20-8-4-2-5-9-20/h2-12,17H,13-16,18-19H2,1H3. The summed E-state index contributed by atoms with van der Waals surface area (Å²) in [4.78, 5) is 16.2. The lowest BCUT2D eigenvalue weighted by Gasteiger charge is -2.33. The van der Waals surface area contributed by atoms with Gasteiger partial charge in [0, 0.05) is 45.2 Å². The molecule has 3 rings (SSSR count). The number of hydrogen-bond acceptors (Lipinski definition) is 4. The van der Waals surface area contributed by atoms with Gasteiger partial charge < -0.3 is 4.90 Å². The van der Waals surface area contributed by atoms with E-state index < -0.39 is 10.0 Å². The summed E-state index contributed by atoms with van der Waals surface area (Å²) in [5, 5.41) is 1.26. The van der Waals surface area contributed by atoms with Crippen molar-refractivity contribution < 1.29 is 13.2 Å². The first kappa shape index (κ1) is 21.2. The molecular formula is C22H27N3O3S. The molecule has 7 heteroatoms. The number of hydrogen-bond donors (Lipinski definition) is 0. The average Bonchev–Trinajstić information content (AvgIpc) is 2.74. The number of likely N-dealkylation sites (N-methyl/N-ethyl adjacent to an activating group) is 1. The molecule has 0 radical (unpaired) electrons. The summed E-state index contributed by atoms with van der Waals surface area (Å²) in [7, 11) is -1.66. The summed E-state index contributed by atoms with van der Waals surface area (Å²) in [6.07, 6.45) is 1.61. The van der Waals surface area contributed by atoms with Gasteiger partial charge in [0.25, 0.3) is 0 Å². The van der Waals surface area contributed by atoms with Gasteiger partial charge in [0.15, 0.2) is 0 Å². The van der Waals surface area contributed by atoms with Gasteiger partial charge in [0.2, 0.25) is 15.9 Å². The molecule has 6 nitrogen and oxygen atoms in total. The predicted molar refractivity (Wildman–Crippen MR) is 115 cm³/mol. The SMILES string of the molecule is CN(Cc1ccccc1)C(=O)CN1CCN(S(=O)(=O)C=Cc2ccccc2)CC1. The molecule has 0 aliphatic carbocycles. The van der Waals surface area contributed by atoms with Crippen molar-refractivity contribution in [3.8, 4) is 0 Å². The molecule has 2 aromatic rings. The van der Waals surface area contributed by atoms with Crippen LogP contribution in [0, 0.1) is 0 Å². The quantitative estimate of drug-likeness (QED) is 0.699. The highest BCUT2D eigenvalue weighted by Crippen LogP contribution is 2.12. The van der Waals surface area contributed by atoms with Crippen LogP contribution >= 0.6 is 0 Å². The first-order chi connectivity index (χ1) is 13.9. The number of sulfonamides is 1. The Kier molecular flexibility index (Phi) is 7.19. The number of rotatable bonds is 7. The van der Waals surface area contributed by atoms with Crippen LogP contribution in [0.15, 0.2) is 66.1 Å². The van der Waals surface area contributed by atoms with Crippen LogP contribution < -0.4 is 0 Å². The van der Waals surface area contributed by atoms with Gasteiger partial charge in [-0.1, -0.05) is 60.7 Å². The van der Waals surface area contributed by atoms with Gasteiger partial charge in [-0.25, -0.2) is 8.42 Å². The van der Waals surface area contributed by atoms with Crippen LogP contribution in [-0.2, 0) is 21.4 Å². The molecule has 1 aliphatic heterocycles.